The highest BCUT2D eigenvalue weighted by atomic mass is 35.5. The van der Waals surface area contributed by atoms with E-state index in [1.165, 1.54) is 17.0 Å². The summed E-state index contributed by atoms with van der Waals surface area (Å²) in [5.41, 5.74) is -0.688. The van der Waals surface area contributed by atoms with Crippen molar-refractivity contribution in [3.8, 4) is 0 Å². The summed E-state index contributed by atoms with van der Waals surface area (Å²) in [6.45, 7) is 0.203. The van der Waals surface area contributed by atoms with Gasteiger partial charge in [0.1, 0.15) is 17.3 Å². The molecule has 1 amide bonds. The van der Waals surface area contributed by atoms with Crippen molar-refractivity contribution in [3.63, 3.8) is 0 Å². The molecule has 3 aliphatic heterocycles. The number of carboxylic acid groups (broad SMARTS) is 1. The fourth-order valence-electron chi connectivity index (χ4n) is 3.87. The van der Waals surface area contributed by atoms with Crippen molar-refractivity contribution in [2.45, 2.75) is 18.2 Å². The van der Waals surface area contributed by atoms with Gasteiger partial charge in [0.2, 0.25) is 5.91 Å². The molecule has 2 saturated heterocycles. The van der Waals surface area contributed by atoms with E-state index in [1.807, 2.05) is 0 Å². The lowest BCUT2D eigenvalue weighted by Crippen LogP contribution is -2.39. The third-order valence-corrected chi connectivity index (χ3v) is 5.23. The Morgan fingerprint density at radius 2 is 2.30 bits per heavy atom. The molecule has 4 rings (SSSR count). The van der Waals surface area contributed by atoms with Crippen LogP contribution in [0.3, 0.4) is 0 Å². The maximum Gasteiger partial charge on any atom is 0.310 e. The second-order valence-electron chi connectivity index (χ2n) is 6.13. The molecule has 0 aliphatic carbocycles. The van der Waals surface area contributed by atoms with Crippen molar-refractivity contribution < 1.29 is 23.8 Å². The van der Waals surface area contributed by atoms with Gasteiger partial charge in [0, 0.05) is 10.6 Å². The number of aliphatic carboxylic acids is 1. The van der Waals surface area contributed by atoms with Gasteiger partial charge in [-0.3, -0.25) is 9.59 Å². The molecular formula is C16H13ClFNO4. The Kier molecular flexibility index (Phi) is 3.05. The van der Waals surface area contributed by atoms with Crippen LogP contribution >= 0.6 is 11.6 Å². The van der Waals surface area contributed by atoms with Gasteiger partial charge in [-0.05, 0) is 12.1 Å². The van der Waals surface area contributed by atoms with Crippen LogP contribution in [0.5, 0.6) is 0 Å². The summed E-state index contributed by atoms with van der Waals surface area (Å²) in [6.07, 6.45) is 2.89. The third-order valence-electron chi connectivity index (χ3n) is 4.87. The van der Waals surface area contributed by atoms with Crippen LogP contribution in [0, 0.1) is 17.7 Å². The highest BCUT2D eigenvalue weighted by molar-refractivity contribution is 6.31. The maximum absolute atomic E-state index is 13.9. The predicted octanol–water partition coefficient (Wildman–Crippen LogP) is 1.85. The molecule has 2 bridgehead atoms. The van der Waals surface area contributed by atoms with Crippen LogP contribution in [0.25, 0.3) is 0 Å². The summed E-state index contributed by atoms with van der Waals surface area (Å²) >= 11 is 6.01. The Balaban J connectivity index is 1.66. The second kappa shape index (κ2) is 4.79. The average molecular weight is 338 g/mol. The lowest BCUT2D eigenvalue weighted by atomic mass is 9.77. The zero-order valence-electron chi connectivity index (χ0n) is 11.9. The van der Waals surface area contributed by atoms with Crippen molar-refractivity contribution >= 4 is 23.5 Å². The number of carbonyl (C=O) groups excluding carboxylic acids is 1. The van der Waals surface area contributed by atoms with Crippen LogP contribution in [0.2, 0.25) is 5.02 Å². The van der Waals surface area contributed by atoms with E-state index >= 15 is 0 Å². The molecule has 0 radical (unpaired) electrons. The normalized spacial score (nSPS) is 34.3. The topological polar surface area (TPSA) is 66.8 Å². The van der Waals surface area contributed by atoms with Crippen LogP contribution in [-0.2, 0) is 20.9 Å². The number of likely N-dealkylation sites (tertiary alicyclic amines) is 1. The first-order valence-electron chi connectivity index (χ1n) is 7.24. The molecule has 1 aromatic rings. The molecule has 3 aliphatic rings. The van der Waals surface area contributed by atoms with E-state index in [2.05, 4.69) is 0 Å². The van der Waals surface area contributed by atoms with Crippen molar-refractivity contribution in [2.75, 3.05) is 6.54 Å². The highest BCUT2D eigenvalue weighted by Crippen LogP contribution is 2.52. The molecule has 5 nitrogen and oxygen atoms in total. The number of hydrogen-bond acceptors (Lipinski definition) is 3. The third kappa shape index (κ3) is 1.95. The van der Waals surface area contributed by atoms with Gasteiger partial charge >= 0.3 is 5.97 Å². The monoisotopic (exact) mass is 337 g/mol. The summed E-state index contributed by atoms with van der Waals surface area (Å²) in [6, 6.07) is 4.33. The summed E-state index contributed by atoms with van der Waals surface area (Å²) < 4.78 is 19.7. The molecule has 1 aromatic carbocycles. The van der Waals surface area contributed by atoms with E-state index in [0.717, 1.165) is 0 Å². The van der Waals surface area contributed by atoms with Crippen molar-refractivity contribution in [1.29, 1.82) is 0 Å². The fourth-order valence-corrected chi connectivity index (χ4v) is 4.09. The minimum atomic E-state index is -1.05. The first-order chi connectivity index (χ1) is 10.9. The average Bonchev–Trinajstić information content (AvgIpc) is 3.12. The number of ether oxygens (including phenoxy) is 1. The molecule has 0 saturated carbocycles. The van der Waals surface area contributed by atoms with Crippen LogP contribution in [-0.4, -0.2) is 40.1 Å². The predicted molar refractivity (Wildman–Crippen MR) is 78.2 cm³/mol. The summed E-state index contributed by atoms with van der Waals surface area (Å²) in [7, 11) is 0. The van der Waals surface area contributed by atoms with Crippen LogP contribution in [0.1, 0.15) is 5.56 Å². The second-order valence-corrected chi connectivity index (χ2v) is 6.54. The Labute approximate surface area is 136 Å². The lowest BCUT2D eigenvalue weighted by Gasteiger charge is -2.22. The van der Waals surface area contributed by atoms with Crippen molar-refractivity contribution in [1.82, 2.24) is 4.90 Å². The number of fused-ring (bicyclic) bond motifs is 1. The number of rotatable bonds is 3. The molecule has 0 unspecified atom stereocenters. The van der Waals surface area contributed by atoms with Gasteiger partial charge in [0.05, 0.1) is 25.1 Å². The smallest absolute Gasteiger partial charge is 0.310 e. The standard InChI is InChI=1S/C16H13ClFNO4/c17-9-2-1-3-10(18)8(9)6-19-7-16-5-4-11(23-16)12(15(21)22)13(16)14(19)20/h1-5,11-13H,6-7H2,(H,21,22)/t11-,12-,13+,16-/m0/s1. The number of nitrogens with zero attached hydrogens (tertiary/aromatic N) is 1. The van der Waals surface area contributed by atoms with E-state index in [-0.39, 0.29) is 29.6 Å². The minimum absolute atomic E-state index is 0.00318. The fraction of sp³-hybridized carbons (Fsp3) is 0.375. The molecule has 1 N–H and O–H groups in total. The molecule has 4 atom stereocenters. The van der Waals surface area contributed by atoms with Crippen LogP contribution < -0.4 is 0 Å². The molecule has 3 heterocycles. The Hall–Kier alpha value is -1.92. The molecule has 23 heavy (non-hydrogen) atoms. The van der Waals surface area contributed by atoms with Gasteiger partial charge in [-0.1, -0.05) is 29.8 Å². The summed E-state index contributed by atoms with van der Waals surface area (Å²) in [4.78, 5) is 25.6. The van der Waals surface area contributed by atoms with E-state index in [1.54, 1.807) is 18.2 Å². The van der Waals surface area contributed by atoms with Gasteiger partial charge in [-0.2, -0.15) is 0 Å². The first-order valence-corrected chi connectivity index (χ1v) is 7.62. The zero-order chi connectivity index (χ0) is 16.4. The van der Waals surface area contributed by atoms with E-state index in [0.29, 0.717) is 0 Å². The van der Waals surface area contributed by atoms with E-state index < -0.39 is 35.3 Å². The minimum Gasteiger partial charge on any atom is -0.481 e. The number of hydrogen-bond donors (Lipinski definition) is 1. The van der Waals surface area contributed by atoms with Crippen molar-refractivity contribution in [2.24, 2.45) is 11.8 Å². The summed E-state index contributed by atoms with van der Waals surface area (Å²) in [5, 5.41) is 9.63. The first kappa shape index (κ1) is 14.7. The molecule has 0 aromatic heterocycles. The lowest BCUT2D eigenvalue weighted by molar-refractivity contribution is -0.148. The van der Waals surface area contributed by atoms with E-state index in [9.17, 15) is 19.1 Å². The molecule has 120 valence electrons. The number of halogens is 2. The van der Waals surface area contributed by atoms with Gasteiger partial charge < -0.3 is 14.7 Å². The van der Waals surface area contributed by atoms with Crippen molar-refractivity contribution in [3.05, 3.63) is 46.8 Å². The number of amides is 1. The SMILES string of the molecule is O=C(O)[C@H]1[C@@H]2C=C[C@@]3(CN(Cc4c(F)cccc4Cl)C(=O)[C@@H]13)O2. The number of carbonyl (C=O) groups is 2. The number of carboxylic acids is 1. The largest absolute Gasteiger partial charge is 0.481 e. The highest BCUT2D eigenvalue weighted by Gasteiger charge is 2.67. The van der Waals surface area contributed by atoms with Crippen LogP contribution in [0.15, 0.2) is 30.4 Å². The zero-order valence-corrected chi connectivity index (χ0v) is 12.7. The molecular weight excluding hydrogens is 325 g/mol. The van der Waals surface area contributed by atoms with Gasteiger partial charge in [0.25, 0.3) is 0 Å². The molecule has 7 heteroatoms. The Bertz CT molecular complexity index is 731. The molecule has 1 spiro atoms. The Morgan fingerprint density at radius 1 is 1.52 bits per heavy atom. The van der Waals surface area contributed by atoms with Crippen LogP contribution in [0.4, 0.5) is 4.39 Å². The quantitative estimate of drug-likeness (QED) is 0.855. The summed E-state index contributed by atoms with van der Waals surface area (Å²) in [5.74, 6) is -3.53. The van der Waals surface area contributed by atoms with Gasteiger partial charge in [-0.15, -0.1) is 0 Å². The maximum atomic E-state index is 13.9. The molecule has 2 fully saturated rings. The Morgan fingerprint density at radius 3 is 3.00 bits per heavy atom. The van der Waals surface area contributed by atoms with Gasteiger partial charge in [0.15, 0.2) is 0 Å². The number of benzene rings is 1. The van der Waals surface area contributed by atoms with Gasteiger partial charge in [-0.25, -0.2) is 4.39 Å². The van der Waals surface area contributed by atoms with E-state index in [4.69, 9.17) is 16.3 Å².